The highest BCUT2D eigenvalue weighted by molar-refractivity contribution is 5.94. The first kappa shape index (κ1) is 20.3. The van der Waals surface area contributed by atoms with Crippen LogP contribution in [0.5, 0.6) is 0 Å². The van der Waals surface area contributed by atoms with Gasteiger partial charge in [-0.15, -0.1) is 0 Å². The van der Waals surface area contributed by atoms with Crippen molar-refractivity contribution < 1.29 is 9.53 Å². The van der Waals surface area contributed by atoms with Crippen LogP contribution in [0, 0.1) is 5.92 Å². The normalized spacial score (nSPS) is 16.8. The van der Waals surface area contributed by atoms with E-state index < -0.39 is 0 Å². The molecule has 6 nitrogen and oxygen atoms in total. The maximum Gasteiger partial charge on any atom is 0.252 e. The van der Waals surface area contributed by atoms with Crippen molar-refractivity contribution in [2.75, 3.05) is 51.8 Å². The van der Waals surface area contributed by atoms with E-state index >= 15 is 0 Å². The molecule has 0 radical (unpaired) electrons. The molecule has 2 heterocycles. The van der Waals surface area contributed by atoms with Gasteiger partial charge >= 0.3 is 0 Å². The second-order valence-electron chi connectivity index (χ2n) is 7.25. The number of anilines is 1. The number of likely N-dealkylation sites (tertiary alicyclic amines) is 1. The summed E-state index contributed by atoms with van der Waals surface area (Å²) in [4.78, 5) is 18.9. The molecule has 1 aliphatic heterocycles. The average Bonchev–Trinajstić information content (AvgIpc) is 3.20. The van der Waals surface area contributed by atoms with E-state index in [1.807, 2.05) is 6.07 Å². The zero-order chi connectivity index (χ0) is 19.6. The monoisotopic (exact) mass is 382 g/mol. The second kappa shape index (κ2) is 10.8. The second-order valence-corrected chi connectivity index (χ2v) is 7.25. The Hall–Kier alpha value is -2.44. The zero-order valence-corrected chi connectivity index (χ0v) is 16.6. The number of hydrogen-bond acceptors (Lipinski definition) is 5. The van der Waals surface area contributed by atoms with Gasteiger partial charge in [0.05, 0.1) is 12.2 Å². The summed E-state index contributed by atoms with van der Waals surface area (Å²) >= 11 is 0. The van der Waals surface area contributed by atoms with Crippen LogP contribution >= 0.6 is 0 Å². The van der Waals surface area contributed by atoms with Gasteiger partial charge in [-0.2, -0.15) is 0 Å². The Bertz CT molecular complexity index is 721. The Morgan fingerprint density at radius 2 is 2.11 bits per heavy atom. The predicted octanol–water partition coefficient (Wildman–Crippen LogP) is 2.43. The number of amides is 1. The van der Waals surface area contributed by atoms with E-state index in [4.69, 9.17) is 4.74 Å². The first-order valence-electron chi connectivity index (χ1n) is 9.98. The number of benzene rings is 1. The zero-order valence-electron chi connectivity index (χ0n) is 16.6. The molecule has 6 heteroatoms. The number of ether oxygens (including phenoxy) is 1. The fraction of sp³-hybridized carbons (Fsp3) is 0.455. The van der Waals surface area contributed by atoms with Crippen LogP contribution in [0.3, 0.4) is 0 Å². The third kappa shape index (κ3) is 6.32. The number of carbonyl (C=O) groups is 1. The summed E-state index contributed by atoms with van der Waals surface area (Å²) in [5.74, 6) is 1.33. The molecule has 0 spiro atoms. The number of rotatable bonds is 10. The summed E-state index contributed by atoms with van der Waals surface area (Å²) in [6, 6.07) is 14.3. The summed E-state index contributed by atoms with van der Waals surface area (Å²) in [5, 5.41) is 6.20. The van der Waals surface area contributed by atoms with Crippen LogP contribution in [0.15, 0.2) is 48.7 Å². The van der Waals surface area contributed by atoms with Crippen molar-refractivity contribution in [2.45, 2.75) is 12.8 Å². The molecule has 1 aromatic carbocycles. The van der Waals surface area contributed by atoms with Crippen molar-refractivity contribution in [1.82, 2.24) is 15.2 Å². The number of methoxy groups -OCH3 is 1. The number of carbonyl (C=O) groups excluding carboxylic acids is 1. The molecule has 1 unspecified atom stereocenters. The predicted molar refractivity (Wildman–Crippen MR) is 112 cm³/mol. The highest BCUT2D eigenvalue weighted by Crippen LogP contribution is 2.17. The van der Waals surface area contributed by atoms with Crippen LogP contribution in [0.1, 0.15) is 22.3 Å². The van der Waals surface area contributed by atoms with Crippen LogP contribution in [0.4, 0.5) is 5.82 Å². The molecule has 28 heavy (non-hydrogen) atoms. The Morgan fingerprint density at radius 1 is 1.25 bits per heavy atom. The van der Waals surface area contributed by atoms with Crippen molar-refractivity contribution in [3.8, 4) is 0 Å². The van der Waals surface area contributed by atoms with Crippen molar-refractivity contribution in [1.29, 1.82) is 0 Å². The molecule has 0 saturated carbocycles. The Kier molecular flexibility index (Phi) is 7.82. The quantitative estimate of drug-likeness (QED) is 0.618. The van der Waals surface area contributed by atoms with Gasteiger partial charge in [0, 0.05) is 39.5 Å². The topological polar surface area (TPSA) is 66.5 Å². The highest BCUT2D eigenvalue weighted by atomic mass is 16.5. The van der Waals surface area contributed by atoms with Crippen LogP contribution < -0.4 is 10.6 Å². The number of hydrogen-bond donors (Lipinski definition) is 2. The van der Waals surface area contributed by atoms with Crippen molar-refractivity contribution in [3.05, 3.63) is 59.8 Å². The molecule has 1 atom stereocenters. The van der Waals surface area contributed by atoms with Crippen molar-refractivity contribution in [3.63, 3.8) is 0 Å². The summed E-state index contributed by atoms with van der Waals surface area (Å²) in [6.07, 6.45) is 3.93. The van der Waals surface area contributed by atoms with Gasteiger partial charge in [0.1, 0.15) is 5.82 Å². The SMILES string of the molecule is COCCNC(=O)c1ccc(NCC2CCN(CCc3ccccc3)C2)nc1. The van der Waals surface area contributed by atoms with Gasteiger partial charge < -0.3 is 20.3 Å². The Balaban J connectivity index is 1.37. The molecule has 0 bridgehead atoms. The van der Waals surface area contributed by atoms with Gasteiger partial charge in [0.25, 0.3) is 5.91 Å². The van der Waals surface area contributed by atoms with Gasteiger partial charge in [0.2, 0.25) is 0 Å². The summed E-state index contributed by atoms with van der Waals surface area (Å²) in [5.41, 5.74) is 1.97. The van der Waals surface area contributed by atoms with Gasteiger partial charge in [-0.05, 0) is 43.0 Å². The van der Waals surface area contributed by atoms with E-state index in [1.54, 1.807) is 19.4 Å². The molecule has 2 N–H and O–H groups in total. The number of nitrogens with zero attached hydrogens (tertiary/aromatic N) is 2. The Labute approximate surface area is 167 Å². The minimum atomic E-state index is -0.124. The van der Waals surface area contributed by atoms with Gasteiger partial charge in [-0.1, -0.05) is 30.3 Å². The average molecular weight is 383 g/mol. The van der Waals surface area contributed by atoms with Crippen LogP contribution in [-0.4, -0.2) is 62.2 Å². The largest absolute Gasteiger partial charge is 0.383 e. The third-order valence-corrected chi connectivity index (χ3v) is 5.12. The van der Waals surface area contributed by atoms with Gasteiger partial charge in [-0.25, -0.2) is 4.98 Å². The molecule has 150 valence electrons. The van der Waals surface area contributed by atoms with Gasteiger partial charge in [0.15, 0.2) is 0 Å². The molecule has 1 amide bonds. The molecular weight excluding hydrogens is 352 g/mol. The molecule has 1 saturated heterocycles. The maximum absolute atomic E-state index is 12.0. The number of pyridine rings is 1. The first-order chi connectivity index (χ1) is 13.7. The summed E-state index contributed by atoms with van der Waals surface area (Å²) in [6.45, 7) is 5.31. The standard InChI is InChI=1S/C22H30N4O2/c1-28-14-11-23-22(27)20-7-8-21(25-16-20)24-15-19-10-13-26(17-19)12-9-18-5-3-2-4-6-18/h2-8,16,19H,9-15,17H2,1H3,(H,23,27)(H,24,25). The van der Waals surface area contributed by atoms with Crippen molar-refractivity contribution in [2.24, 2.45) is 5.92 Å². The van der Waals surface area contributed by atoms with E-state index in [1.165, 1.54) is 12.0 Å². The van der Waals surface area contributed by atoms with E-state index in [-0.39, 0.29) is 5.91 Å². The third-order valence-electron chi connectivity index (χ3n) is 5.12. The lowest BCUT2D eigenvalue weighted by Crippen LogP contribution is -2.27. The van der Waals surface area contributed by atoms with E-state index in [2.05, 4.69) is 50.8 Å². The summed E-state index contributed by atoms with van der Waals surface area (Å²) in [7, 11) is 1.61. The maximum atomic E-state index is 12.0. The van der Waals surface area contributed by atoms with E-state index in [9.17, 15) is 4.79 Å². The number of aromatic nitrogens is 1. The first-order valence-corrected chi connectivity index (χ1v) is 9.98. The minimum absolute atomic E-state index is 0.124. The van der Waals surface area contributed by atoms with Crippen LogP contribution in [0.2, 0.25) is 0 Å². The highest BCUT2D eigenvalue weighted by Gasteiger charge is 2.21. The number of nitrogens with one attached hydrogen (secondary N) is 2. The lowest BCUT2D eigenvalue weighted by atomic mass is 10.1. The fourth-order valence-electron chi connectivity index (χ4n) is 3.46. The molecular formula is C22H30N4O2. The molecule has 3 rings (SSSR count). The van der Waals surface area contributed by atoms with Crippen molar-refractivity contribution >= 4 is 11.7 Å². The van der Waals surface area contributed by atoms with Gasteiger partial charge in [-0.3, -0.25) is 4.79 Å². The minimum Gasteiger partial charge on any atom is -0.383 e. The Morgan fingerprint density at radius 3 is 2.86 bits per heavy atom. The molecule has 1 fully saturated rings. The molecule has 1 aliphatic rings. The lowest BCUT2D eigenvalue weighted by Gasteiger charge is -2.16. The molecule has 0 aliphatic carbocycles. The molecule has 2 aromatic rings. The summed E-state index contributed by atoms with van der Waals surface area (Å²) < 4.78 is 4.93. The van der Waals surface area contributed by atoms with E-state index in [0.29, 0.717) is 24.6 Å². The fourth-order valence-corrected chi connectivity index (χ4v) is 3.46. The smallest absolute Gasteiger partial charge is 0.252 e. The lowest BCUT2D eigenvalue weighted by molar-refractivity contribution is 0.0937. The van der Waals surface area contributed by atoms with Crippen LogP contribution in [0.25, 0.3) is 0 Å². The molecule has 1 aromatic heterocycles. The van der Waals surface area contributed by atoms with E-state index in [0.717, 1.165) is 38.4 Å². The van der Waals surface area contributed by atoms with Crippen LogP contribution in [-0.2, 0) is 11.2 Å².